The minimum atomic E-state index is -0.722. The van der Waals surface area contributed by atoms with Crippen molar-refractivity contribution in [1.82, 2.24) is 10.2 Å². The summed E-state index contributed by atoms with van der Waals surface area (Å²) < 4.78 is 14.3. The lowest BCUT2D eigenvalue weighted by molar-refractivity contribution is -0.134. The molecular formula is C19H27FN4O3. The molecule has 0 aromatic heterocycles. The maximum absolute atomic E-state index is 14.3. The molecule has 2 unspecified atom stereocenters. The van der Waals surface area contributed by atoms with Crippen molar-refractivity contribution in [3.05, 3.63) is 29.6 Å². The number of ketones is 1. The van der Waals surface area contributed by atoms with Gasteiger partial charge in [-0.1, -0.05) is 20.3 Å². The van der Waals surface area contributed by atoms with Gasteiger partial charge in [0.2, 0.25) is 5.91 Å². The number of nitrogens with two attached hydrogens (primary N) is 1. The van der Waals surface area contributed by atoms with E-state index in [4.69, 9.17) is 5.73 Å². The molecule has 1 aliphatic rings. The predicted octanol–water partition coefficient (Wildman–Crippen LogP) is 1.76. The first-order valence-electron chi connectivity index (χ1n) is 9.14. The summed E-state index contributed by atoms with van der Waals surface area (Å²) in [5.41, 5.74) is 5.96. The summed E-state index contributed by atoms with van der Waals surface area (Å²) in [6.07, 6.45) is 0.727. The van der Waals surface area contributed by atoms with E-state index >= 15 is 0 Å². The van der Waals surface area contributed by atoms with Crippen LogP contribution in [0.5, 0.6) is 0 Å². The highest BCUT2D eigenvalue weighted by Crippen LogP contribution is 2.23. The number of rotatable bonds is 6. The number of piperazine rings is 1. The summed E-state index contributed by atoms with van der Waals surface area (Å²) in [6, 6.07) is 3.06. The molecule has 0 saturated carbocycles. The molecule has 1 aliphatic heterocycles. The van der Waals surface area contributed by atoms with Gasteiger partial charge in [0, 0.05) is 31.7 Å². The molecule has 0 bridgehead atoms. The molecule has 3 N–H and O–H groups in total. The van der Waals surface area contributed by atoms with E-state index < -0.39 is 17.9 Å². The van der Waals surface area contributed by atoms with Crippen LogP contribution in [0.15, 0.2) is 18.2 Å². The van der Waals surface area contributed by atoms with Crippen molar-refractivity contribution in [3.63, 3.8) is 0 Å². The van der Waals surface area contributed by atoms with Crippen LogP contribution in [0.25, 0.3) is 0 Å². The molecular weight excluding hydrogens is 351 g/mol. The summed E-state index contributed by atoms with van der Waals surface area (Å²) in [5, 5.41) is 2.54. The molecule has 0 aliphatic carbocycles. The van der Waals surface area contributed by atoms with Crippen molar-refractivity contribution in [1.29, 1.82) is 0 Å². The quantitative estimate of drug-likeness (QED) is 0.738. The van der Waals surface area contributed by atoms with Crippen molar-refractivity contribution in [2.45, 2.75) is 33.2 Å². The van der Waals surface area contributed by atoms with Gasteiger partial charge in [0.1, 0.15) is 11.9 Å². The monoisotopic (exact) mass is 378 g/mol. The van der Waals surface area contributed by atoms with E-state index in [0.717, 1.165) is 6.42 Å². The molecule has 2 atom stereocenters. The summed E-state index contributed by atoms with van der Waals surface area (Å²) in [5.74, 6) is -0.848. The van der Waals surface area contributed by atoms with Gasteiger partial charge in [-0.25, -0.2) is 9.18 Å². The Balaban J connectivity index is 2.04. The Bertz CT molecular complexity index is 717. The van der Waals surface area contributed by atoms with Gasteiger partial charge in [0.05, 0.1) is 5.69 Å². The van der Waals surface area contributed by atoms with Crippen LogP contribution < -0.4 is 16.0 Å². The topological polar surface area (TPSA) is 95.7 Å². The summed E-state index contributed by atoms with van der Waals surface area (Å²) in [4.78, 5) is 38.9. The molecule has 2 rings (SSSR count). The normalized spacial score (nSPS) is 16.6. The van der Waals surface area contributed by atoms with Crippen LogP contribution in [0.2, 0.25) is 0 Å². The second-order valence-electron chi connectivity index (χ2n) is 6.91. The van der Waals surface area contributed by atoms with Crippen molar-refractivity contribution >= 4 is 23.4 Å². The number of carbonyl (C=O) groups excluding carboxylic acids is 3. The Morgan fingerprint density at radius 1 is 1.22 bits per heavy atom. The molecule has 1 aromatic rings. The fourth-order valence-corrected chi connectivity index (χ4v) is 3.18. The number of benzene rings is 1. The summed E-state index contributed by atoms with van der Waals surface area (Å²) in [7, 11) is 0. The van der Waals surface area contributed by atoms with Gasteiger partial charge in [0.15, 0.2) is 5.78 Å². The fourth-order valence-electron chi connectivity index (χ4n) is 3.18. The molecule has 0 radical (unpaired) electrons. The smallest absolute Gasteiger partial charge is 0.312 e. The molecule has 27 heavy (non-hydrogen) atoms. The van der Waals surface area contributed by atoms with Gasteiger partial charge in [0.25, 0.3) is 0 Å². The van der Waals surface area contributed by atoms with E-state index in [-0.39, 0.29) is 17.6 Å². The lowest BCUT2D eigenvalue weighted by Gasteiger charge is -2.38. The molecule has 1 heterocycles. The maximum Gasteiger partial charge on any atom is 0.312 e. The molecule has 3 amide bonds. The van der Waals surface area contributed by atoms with Gasteiger partial charge in [-0.15, -0.1) is 0 Å². The number of Topliss-reactive ketones (excluding diaryl/α,β-unsaturated/α-hetero) is 1. The number of amides is 3. The molecule has 1 saturated heterocycles. The largest absolute Gasteiger partial charge is 0.366 e. The van der Waals surface area contributed by atoms with Gasteiger partial charge < -0.3 is 20.9 Å². The van der Waals surface area contributed by atoms with E-state index in [0.29, 0.717) is 37.4 Å². The molecule has 1 fully saturated rings. The van der Waals surface area contributed by atoms with E-state index in [1.807, 2.05) is 18.7 Å². The molecule has 0 spiro atoms. The van der Waals surface area contributed by atoms with Crippen LogP contribution in [0.4, 0.5) is 14.9 Å². The molecule has 8 heteroatoms. The van der Waals surface area contributed by atoms with Crippen LogP contribution in [0.3, 0.4) is 0 Å². The van der Waals surface area contributed by atoms with Gasteiger partial charge in [-0.2, -0.15) is 0 Å². The Labute approximate surface area is 158 Å². The third-order valence-electron chi connectivity index (χ3n) is 5.06. The number of hydrogen-bond donors (Lipinski definition) is 2. The average Bonchev–Trinajstić information content (AvgIpc) is 2.64. The van der Waals surface area contributed by atoms with Crippen LogP contribution in [0.1, 0.15) is 37.6 Å². The summed E-state index contributed by atoms with van der Waals surface area (Å²) in [6.45, 7) is 6.99. The lowest BCUT2D eigenvalue weighted by atomic mass is 9.97. The molecule has 148 valence electrons. The van der Waals surface area contributed by atoms with Crippen LogP contribution >= 0.6 is 0 Å². The maximum atomic E-state index is 14.3. The minimum Gasteiger partial charge on any atom is -0.366 e. The zero-order valence-corrected chi connectivity index (χ0v) is 16.0. The third-order valence-corrected chi connectivity index (χ3v) is 5.06. The first kappa shape index (κ1) is 20.7. The number of hydrogen-bond acceptors (Lipinski definition) is 4. The number of urea groups is 1. The SMILES string of the molecule is CCC(C)C(NC(N)=O)C(=O)N1CCN(c2ccc(C(C)=O)cc2F)CC1. The zero-order chi connectivity index (χ0) is 20.1. The highest BCUT2D eigenvalue weighted by Gasteiger charge is 2.31. The number of anilines is 1. The second-order valence-corrected chi connectivity index (χ2v) is 6.91. The number of nitrogens with one attached hydrogen (secondary N) is 1. The van der Waals surface area contributed by atoms with Crippen LogP contribution in [-0.4, -0.2) is 54.8 Å². The Hall–Kier alpha value is -2.64. The standard InChI is InChI=1S/C19H27FN4O3/c1-4-12(2)17(22-19(21)27)18(26)24-9-7-23(8-10-24)16-6-5-14(13(3)25)11-15(16)20/h5-6,11-12,17H,4,7-10H2,1-3H3,(H3,21,22,27). The predicted molar refractivity (Wildman–Crippen MR) is 101 cm³/mol. The Kier molecular flexibility index (Phi) is 6.76. The number of halogens is 1. The third kappa shape index (κ3) is 4.96. The number of carbonyl (C=O) groups is 3. The fraction of sp³-hybridized carbons (Fsp3) is 0.526. The zero-order valence-electron chi connectivity index (χ0n) is 16.0. The van der Waals surface area contributed by atoms with E-state index in [1.54, 1.807) is 17.0 Å². The average molecular weight is 378 g/mol. The van der Waals surface area contributed by atoms with E-state index in [2.05, 4.69) is 5.32 Å². The Morgan fingerprint density at radius 3 is 2.33 bits per heavy atom. The second kappa shape index (κ2) is 8.83. The van der Waals surface area contributed by atoms with Crippen molar-refractivity contribution in [3.8, 4) is 0 Å². The number of nitrogens with zero attached hydrogens (tertiary/aromatic N) is 2. The van der Waals surface area contributed by atoms with Gasteiger partial charge in [-0.3, -0.25) is 9.59 Å². The molecule has 7 nitrogen and oxygen atoms in total. The van der Waals surface area contributed by atoms with Gasteiger partial charge >= 0.3 is 6.03 Å². The van der Waals surface area contributed by atoms with Crippen molar-refractivity contribution < 1.29 is 18.8 Å². The van der Waals surface area contributed by atoms with E-state index in [9.17, 15) is 18.8 Å². The minimum absolute atomic E-state index is 0.0420. The first-order chi connectivity index (χ1) is 12.7. The Morgan fingerprint density at radius 2 is 1.85 bits per heavy atom. The highest BCUT2D eigenvalue weighted by atomic mass is 19.1. The number of primary amides is 1. The van der Waals surface area contributed by atoms with E-state index in [1.165, 1.54) is 13.0 Å². The van der Waals surface area contributed by atoms with Crippen molar-refractivity contribution in [2.24, 2.45) is 11.7 Å². The first-order valence-corrected chi connectivity index (χ1v) is 9.14. The molecule has 1 aromatic carbocycles. The van der Waals surface area contributed by atoms with Crippen molar-refractivity contribution in [2.75, 3.05) is 31.1 Å². The highest BCUT2D eigenvalue weighted by molar-refractivity contribution is 5.94. The summed E-state index contributed by atoms with van der Waals surface area (Å²) >= 11 is 0. The van der Waals surface area contributed by atoms with Gasteiger partial charge in [-0.05, 0) is 31.0 Å². The lowest BCUT2D eigenvalue weighted by Crippen LogP contribution is -2.57. The van der Waals surface area contributed by atoms with Crippen LogP contribution in [-0.2, 0) is 4.79 Å². The van der Waals surface area contributed by atoms with Crippen LogP contribution in [0, 0.1) is 11.7 Å².